The lowest BCUT2D eigenvalue weighted by molar-refractivity contribution is 0.931. The van der Waals surface area contributed by atoms with Crippen LogP contribution in [-0.2, 0) is 6.42 Å². The van der Waals surface area contributed by atoms with Crippen LogP contribution in [0.1, 0.15) is 24.7 Å². The van der Waals surface area contributed by atoms with Crippen LogP contribution in [0, 0.1) is 0 Å². The second-order valence-corrected chi connectivity index (χ2v) is 3.82. The fraction of sp³-hybridized carbons (Fsp3) is 0.308. The lowest BCUT2D eigenvalue weighted by atomic mass is 10.2. The van der Waals surface area contributed by atoms with Crippen molar-refractivity contribution in [3.05, 3.63) is 48.2 Å². The van der Waals surface area contributed by atoms with Crippen molar-refractivity contribution >= 4 is 5.82 Å². The summed E-state index contributed by atoms with van der Waals surface area (Å²) >= 11 is 0. The van der Waals surface area contributed by atoms with Gasteiger partial charge in [0.05, 0.1) is 0 Å². The van der Waals surface area contributed by atoms with Crippen LogP contribution in [0.2, 0.25) is 0 Å². The maximum Gasteiger partial charge on any atom is 0.135 e. The van der Waals surface area contributed by atoms with E-state index in [2.05, 4.69) is 27.2 Å². The molecule has 88 valence electrons. The molecule has 0 aromatic carbocycles. The number of aromatic nitrogens is 3. The Labute approximate surface area is 101 Å². The first-order valence-electron chi connectivity index (χ1n) is 5.83. The molecule has 0 aliphatic heterocycles. The van der Waals surface area contributed by atoms with E-state index in [1.165, 1.54) is 5.56 Å². The summed E-state index contributed by atoms with van der Waals surface area (Å²) in [6, 6.07) is 5.86. The van der Waals surface area contributed by atoms with Gasteiger partial charge in [-0.2, -0.15) is 0 Å². The Hall–Kier alpha value is -1.97. The number of pyridine rings is 1. The summed E-state index contributed by atoms with van der Waals surface area (Å²) in [5.74, 6) is 1.73. The monoisotopic (exact) mass is 228 g/mol. The van der Waals surface area contributed by atoms with Crippen LogP contribution in [0.5, 0.6) is 0 Å². The summed E-state index contributed by atoms with van der Waals surface area (Å²) in [7, 11) is 0. The van der Waals surface area contributed by atoms with E-state index in [4.69, 9.17) is 0 Å². The molecule has 2 aromatic rings. The third-order valence-electron chi connectivity index (χ3n) is 2.37. The minimum atomic E-state index is 0.740. The van der Waals surface area contributed by atoms with Gasteiger partial charge in [0.25, 0.3) is 0 Å². The van der Waals surface area contributed by atoms with Crippen LogP contribution < -0.4 is 5.32 Å². The van der Waals surface area contributed by atoms with Gasteiger partial charge in [-0.1, -0.05) is 6.92 Å². The molecule has 0 aliphatic carbocycles. The number of nitrogens with zero attached hydrogens (tertiary/aromatic N) is 3. The smallest absolute Gasteiger partial charge is 0.135 e. The molecule has 4 nitrogen and oxygen atoms in total. The lowest BCUT2D eigenvalue weighted by Gasteiger charge is -2.05. The molecule has 0 bridgehead atoms. The summed E-state index contributed by atoms with van der Waals surface area (Å²) in [5.41, 5.74) is 1.17. The van der Waals surface area contributed by atoms with Gasteiger partial charge >= 0.3 is 0 Å². The highest BCUT2D eigenvalue weighted by Crippen LogP contribution is 2.07. The van der Waals surface area contributed by atoms with E-state index in [0.29, 0.717) is 0 Å². The first-order chi connectivity index (χ1) is 8.38. The molecule has 2 heterocycles. The zero-order valence-electron chi connectivity index (χ0n) is 9.93. The van der Waals surface area contributed by atoms with Crippen LogP contribution in [0.4, 0.5) is 5.82 Å². The van der Waals surface area contributed by atoms with Crippen molar-refractivity contribution in [2.24, 2.45) is 0 Å². The maximum absolute atomic E-state index is 4.46. The molecule has 17 heavy (non-hydrogen) atoms. The average molecular weight is 228 g/mol. The molecule has 0 unspecified atom stereocenters. The van der Waals surface area contributed by atoms with Gasteiger partial charge in [-0.15, -0.1) is 0 Å². The fourth-order valence-electron chi connectivity index (χ4n) is 1.52. The summed E-state index contributed by atoms with van der Waals surface area (Å²) in [6.07, 6.45) is 7.19. The van der Waals surface area contributed by atoms with Gasteiger partial charge in [-0.25, -0.2) is 9.97 Å². The molecule has 0 saturated heterocycles. The van der Waals surface area contributed by atoms with E-state index < -0.39 is 0 Å². The normalized spacial score (nSPS) is 10.2. The molecule has 4 heteroatoms. The summed E-state index contributed by atoms with van der Waals surface area (Å²) in [5, 5.41) is 3.26. The molecule has 0 saturated carbocycles. The molecule has 0 spiro atoms. The molecule has 0 atom stereocenters. The quantitative estimate of drug-likeness (QED) is 0.853. The topological polar surface area (TPSA) is 50.7 Å². The third kappa shape index (κ3) is 3.52. The largest absolute Gasteiger partial charge is 0.370 e. The predicted octanol–water partition coefficient (Wildman–Crippen LogP) is 2.28. The number of hydrogen-bond acceptors (Lipinski definition) is 4. The molecule has 0 radical (unpaired) electrons. The van der Waals surface area contributed by atoms with E-state index in [-0.39, 0.29) is 0 Å². The van der Waals surface area contributed by atoms with Crippen molar-refractivity contribution in [1.29, 1.82) is 0 Å². The Bertz CT molecular complexity index is 456. The highest BCUT2D eigenvalue weighted by molar-refractivity contribution is 5.33. The summed E-state index contributed by atoms with van der Waals surface area (Å²) in [4.78, 5) is 12.7. The first kappa shape index (κ1) is 11.5. The van der Waals surface area contributed by atoms with Gasteiger partial charge in [0.2, 0.25) is 0 Å². The molecular formula is C13H16N4. The molecule has 0 fully saturated rings. The van der Waals surface area contributed by atoms with Crippen molar-refractivity contribution in [3.63, 3.8) is 0 Å². The van der Waals surface area contributed by atoms with Crippen molar-refractivity contribution in [3.8, 4) is 0 Å². The molecular weight excluding hydrogens is 212 g/mol. The predicted molar refractivity (Wildman–Crippen MR) is 67.9 cm³/mol. The molecule has 0 aliphatic rings. The third-order valence-corrected chi connectivity index (χ3v) is 2.37. The van der Waals surface area contributed by atoms with Crippen LogP contribution in [-0.4, -0.2) is 21.5 Å². The van der Waals surface area contributed by atoms with Crippen LogP contribution in [0.3, 0.4) is 0 Å². The Kier molecular flexibility index (Phi) is 4.02. The summed E-state index contributed by atoms with van der Waals surface area (Å²) < 4.78 is 0. The Balaban J connectivity index is 2.06. The number of anilines is 1. The molecule has 2 rings (SSSR count). The molecule has 2 aromatic heterocycles. The highest BCUT2D eigenvalue weighted by atomic mass is 15.0. The van der Waals surface area contributed by atoms with Gasteiger partial charge in [0.1, 0.15) is 11.6 Å². The van der Waals surface area contributed by atoms with Gasteiger partial charge in [0, 0.05) is 31.6 Å². The zero-order chi connectivity index (χ0) is 11.9. The van der Waals surface area contributed by atoms with E-state index >= 15 is 0 Å². The van der Waals surface area contributed by atoms with Gasteiger partial charge in [-0.3, -0.25) is 4.98 Å². The van der Waals surface area contributed by atoms with Gasteiger partial charge in [0.15, 0.2) is 0 Å². The van der Waals surface area contributed by atoms with E-state index in [0.717, 1.165) is 31.0 Å². The average Bonchev–Trinajstić information content (AvgIpc) is 2.38. The van der Waals surface area contributed by atoms with Crippen LogP contribution >= 0.6 is 0 Å². The molecule has 1 N–H and O–H groups in total. The van der Waals surface area contributed by atoms with Crippen molar-refractivity contribution in [1.82, 2.24) is 15.0 Å². The SMILES string of the molecule is CCCNc1ccnc(Cc2ccncc2)n1. The molecule has 0 amide bonds. The first-order valence-corrected chi connectivity index (χ1v) is 5.83. The minimum absolute atomic E-state index is 0.740. The highest BCUT2D eigenvalue weighted by Gasteiger charge is 2.00. The summed E-state index contributed by atoms with van der Waals surface area (Å²) in [6.45, 7) is 3.07. The lowest BCUT2D eigenvalue weighted by Crippen LogP contribution is -2.05. The fourth-order valence-corrected chi connectivity index (χ4v) is 1.52. The maximum atomic E-state index is 4.46. The van der Waals surface area contributed by atoms with Crippen LogP contribution in [0.15, 0.2) is 36.8 Å². The second kappa shape index (κ2) is 5.94. The van der Waals surface area contributed by atoms with E-state index in [1.54, 1.807) is 18.6 Å². The Morgan fingerprint density at radius 3 is 2.71 bits per heavy atom. The number of rotatable bonds is 5. The van der Waals surface area contributed by atoms with Crippen molar-refractivity contribution in [2.45, 2.75) is 19.8 Å². The Morgan fingerprint density at radius 2 is 1.94 bits per heavy atom. The van der Waals surface area contributed by atoms with E-state index in [1.807, 2.05) is 18.2 Å². The van der Waals surface area contributed by atoms with E-state index in [9.17, 15) is 0 Å². The Morgan fingerprint density at radius 1 is 1.12 bits per heavy atom. The second-order valence-electron chi connectivity index (χ2n) is 3.82. The van der Waals surface area contributed by atoms with Crippen LogP contribution in [0.25, 0.3) is 0 Å². The van der Waals surface area contributed by atoms with Crippen molar-refractivity contribution < 1.29 is 0 Å². The zero-order valence-corrected chi connectivity index (χ0v) is 9.93. The number of nitrogens with one attached hydrogen (secondary N) is 1. The van der Waals surface area contributed by atoms with Gasteiger partial charge < -0.3 is 5.32 Å². The van der Waals surface area contributed by atoms with Gasteiger partial charge in [-0.05, 0) is 30.2 Å². The van der Waals surface area contributed by atoms with Crippen molar-refractivity contribution in [2.75, 3.05) is 11.9 Å². The number of hydrogen-bond donors (Lipinski definition) is 1. The minimum Gasteiger partial charge on any atom is -0.370 e. The standard InChI is InChI=1S/C13H16N4/c1-2-6-15-12-5-9-16-13(17-12)10-11-3-7-14-8-4-11/h3-5,7-9H,2,6,10H2,1H3,(H,15,16,17).